The molecule has 2 aromatic rings. The van der Waals surface area contributed by atoms with Crippen LogP contribution < -0.4 is 10.2 Å². The van der Waals surface area contributed by atoms with Gasteiger partial charge in [-0.1, -0.05) is 13.8 Å². The number of likely N-dealkylation sites (N-methyl/N-ethyl adjacent to an activating group) is 1. The molecular formula is C21H26N6O. The Hall–Kier alpha value is -2.72. The third-order valence-corrected chi connectivity index (χ3v) is 5.79. The Balaban J connectivity index is 1.64. The molecule has 1 amide bonds. The van der Waals surface area contributed by atoms with Gasteiger partial charge in [0.25, 0.3) is 0 Å². The van der Waals surface area contributed by atoms with Crippen LogP contribution in [-0.2, 0) is 4.79 Å². The van der Waals surface area contributed by atoms with Crippen LogP contribution >= 0.6 is 0 Å². The average Bonchev–Trinajstić information content (AvgIpc) is 2.98. The van der Waals surface area contributed by atoms with Gasteiger partial charge in [-0.05, 0) is 30.4 Å². The maximum Gasteiger partial charge on any atom is 0.239 e. The molecule has 0 saturated carbocycles. The first-order chi connectivity index (χ1) is 13.4. The van der Waals surface area contributed by atoms with Gasteiger partial charge in [0.2, 0.25) is 5.91 Å². The molecule has 28 heavy (non-hydrogen) atoms. The van der Waals surface area contributed by atoms with Gasteiger partial charge in [-0.25, -0.2) is 0 Å². The van der Waals surface area contributed by atoms with Gasteiger partial charge in [0.05, 0.1) is 17.3 Å². The molecule has 0 bridgehead atoms. The molecule has 1 aromatic heterocycles. The largest absolute Gasteiger partial charge is 0.368 e. The minimum atomic E-state index is -0.0942. The minimum Gasteiger partial charge on any atom is -0.368 e. The van der Waals surface area contributed by atoms with E-state index in [1.807, 2.05) is 19.2 Å². The summed E-state index contributed by atoms with van der Waals surface area (Å²) >= 11 is 0. The zero-order valence-corrected chi connectivity index (χ0v) is 16.6. The van der Waals surface area contributed by atoms with Crippen LogP contribution in [0.25, 0.3) is 11.0 Å². The van der Waals surface area contributed by atoms with Gasteiger partial charge >= 0.3 is 0 Å². The van der Waals surface area contributed by atoms with Crippen molar-refractivity contribution in [3.8, 4) is 6.07 Å². The van der Waals surface area contributed by atoms with E-state index in [0.29, 0.717) is 11.1 Å². The molecule has 0 radical (unpaired) electrons. The number of likely N-dealkylation sites (tertiary alicyclic amines) is 1. The fraction of sp³-hybridized carbons (Fsp3) is 0.524. The Morgan fingerprint density at radius 3 is 2.68 bits per heavy atom. The van der Waals surface area contributed by atoms with Crippen LogP contribution in [0, 0.1) is 16.7 Å². The molecule has 7 heteroatoms. The Morgan fingerprint density at radius 2 is 2.00 bits per heavy atom. The highest BCUT2D eigenvalue weighted by atomic mass is 16.2. The molecule has 1 aromatic carbocycles. The standard InChI is InChI=1S/C21H26N6O/c1-21(2)10-15(25-16-6-9-26(3)20(16)28)12-27(13-21)17-5-4-14(11-22)18-19(17)24-8-7-23-18/h4-5,7-8,15-16,25H,6,9-10,12-13H2,1-3H3/t15-,16?/m1/s1. The van der Waals surface area contributed by atoms with E-state index in [2.05, 4.69) is 40.1 Å². The maximum absolute atomic E-state index is 12.3. The van der Waals surface area contributed by atoms with E-state index in [9.17, 15) is 10.1 Å². The molecule has 0 spiro atoms. The first-order valence-electron chi connectivity index (χ1n) is 9.78. The summed E-state index contributed by atoms with van der Waals surface area (Å²) in [7, 11) is 1.86. The van der Waals surface area contributed by atoms with Gasteiger partial charge in [-0.15, -0.1) is 0 Å². The predicted octanol–water partition coefficient (Wildman–Crippen LogP) is 1.93. The number of rotatable bonds is 3. The second kappa shape index (κ2) is 7.02. The van der Waals surface area contributed by atoms with E-state index >= 15 is 0 Å². The summed E-state index contributed by atoms with van der Waals surface area (Å²) < 4.78 is 0. The summed E-state index contributed by atoms with van der Waals surface area (Å²) in [5, 5.41) is 13.0. The van der Waals surface area contributed by atoms with E-state index in [0.717, 1.165) is 43.7 Å². The maximum atomic E-state index is 12.3. The van der Waals surface area contributed by atoms with Crippen molar-refractivity contribution in [1.82, 2.24) is 20.2 Å². The molecule has 2 atom stereocenters. The molecule has 2 fully saturated rings. The van der Waals surface area contributed by atoms with E-state index in [1.54, 1.807) is 17.3 Å². The molecule has 1 unspecified atom stereocenters. The Morgan fingerprint density at radius 1 is 1.25 bits per heavy atom. The number of amides is 1. The molecule has 2 aliphatic rings. The number of hydrogen-bond acceptors (Lipinski definition) is 6. The Labute approximate surface area is 165 Å². The highest BCUT2D eigenvalue weighted by Gasteiger charge is 2.37. The van der Waals surface area contributed by atoms with E-state index < -0.39 is 0 Å². The number of nitriles is 1. The number of benzene rings is 1. The second-order valence-corrected chi connectivity index (χ2v) is 8.71. The van der Waals surface area contributed by atoms with Crippen LogP contribution in [0.5, 0.6) is 0 Å². The summed E-state index contributed by atoms with van der Waals surface area (Å²) in [6.07, 6.45) is 5.17. The van der Waals surface area contributed by atoms with Crippen LogP contribution in [0.1, 0.15) is 32.3 Å². The average molecular weight is 378 g/mol. The normalized spacial score (nSPS) is 24.6. The number of anilines is 1. The number of aromatic nitrogens is 2. The lowest BCUT2D eigenvalue weighted by Gasteiger charge is -2.44. The predicted molar refractivity (Wildman–Crippen MR) is 108 cm³/mol. The molecule has 1 N–H and O–H groups in total. The molecule has 2 saturated heterocycles. The van der Waals surface area contributed by atoms with Crippen molar-refractivity contribution in [2.45, 2.75) is 38.8 Å². The third kappa shape index (κ3) is 3.40. The number of piperidine rings is 1. The fourth-order valence-electron chi connectivity index (χ4n) is 4.59. The quantitative estimate of drug-likeness (QED) is 0.878. The van der Waals surface area contributed by atoms with Crippen molar-refractivity contribution in [2.24, 2.45) is 5.41 Å². The van der Waals surface area contributed by atoms with Gasteiger partial charge in [0, 0.05) is 45.1 Å². The third-order valence-electron chi connectivity index (χ3n) is 5.79. The molecule has 3 heterocycles. The van der Waals surface area contributed by atoms with Gasteiger partial charge in [0.1, 0.15) is 17.1 Å². The van der Waals surface area contributed by atoms with E-state index in [-0.39, 0.29) is 23.4 Å². The first-order valence-corrected chi connectivity index (χ1v) is 9.78. The summed E-state index contributed by atoms with van der Waals surface area (Å²) in [4.78, 5) is 25.4. The smallest absolute Gasteiger partial charge is 0.239 e. The van der Waals surface area contributed by atoms with Crippen molar-refractivity contribution < 1.29 is 4.79 Å². The van der Waals surface area contributed by atoms with E-state index in [1.165, 1.54) is 0 Å². The zero-order valence-electron chi connectivity index (χ0n) is 16.6. The number of carbonyl (C=O) groups is 1. The zero-order chi connectivity index (χ0) is 19.9. The highest BCUT2D eigenvalue weighted by molar-refractivity contribution is 5.92. The Kier molecular flexibility index (Phi) is 4.68. The second-order valence-electron chi connectivity index (χ2n) is 8.71. The van der Waals surface area contributed by atoms with Crippen molar-refractivity contribution >= 4 is 22.6 Å². The van der Waals surface area contributed by atoms with Crippen LogP contribution in [0.3, 0.4) is 0 Å². The Bertz CT molecular complexity index is 950. The van der Waals surface area contributed by atoms with Crippen LogP contribution in [-0.4, -0.2) is 59.5 Å². The number of fused-ring (bicyclic) bond motifs is 1. The van der Waals surface area contributed by atoms with Crippen molar-refractivity contribution in [2.75, 3.05) is 31.6 Å². The van der Waals surface area contributed by atoms with Crippen molar-refractivity contribution in [3.63, 3.8) is 0 Å². The number of carbonyl (C=O) groups excluding carboxylic acids is 1. The minimum absolute atomic E-state index is 0.0892. The fourth-order valence-corrected chi connectivity index (χ4v) is 4.59. The van der Waals surface area contributed by atoms with Gasteiger partial charge < -0.3 is 15.1 Å². The van der Waals surface area contributed by atoms with Crippen molar-refractivity contribution in [3.05, 3.63) is 30.1 Å². The number of nitrogens with one attached hydrogen (secondary N) is 1. The molecular weight excluding hydrogens is 352 g/mol. The molecule has 4 rings (SSSR count). The lowest BCUT2D eigenvalue weighted by Crippen LogP contribution is -2.55. The topological polar surface area (TPSA) is 85.2 Å². The molecule has 146 valence electrons. The summed E-state index contributed by atoms with van der Waals surface area (Å²) in [5.41, 5.74) is 3.03. The van der Waals surface area contributed by atoms with Gasteiger partial charge in [0.15, 0.2) is 0 Å². The number of hydrogen-bond donors (Lipinski definition) is 1. The first kappa shape index (κ1) is 18.6. The summed E-state index contributed by atoms with van der Waals surface area (Å²) in [6, 6.07) is 6.13. The summed E-state index contributed by atoms with van der Waals surface area (Å²) in [6.45, 7) is 7.02. The monoisotopic (exact) mass is 378 g/mol. The molecule has 2 aliphatic heterocycles. The number of nitrogens with zero attached hydrogens (tertiary/aromatic N) is 5. The van der Waals surface area contributed by atoms with Gasteiger partial charge in [-0.2, -0.15) is 5.26 Å². The van der Waals surface area contributed by atoms with Gasteiger partial charge in [-0.3, -0.25) is 14.8 Å². The van der Waals surface area contributed by atoms with Crippen LogP contribution in [0.15, 0.2) is 24.5 Å². The lowest BCUT2D eigenvalue weighted by atomic mass is 9.81. The highest BCUT2D eigenvalue weighted by Crippen LogP contribution is 2.35. The van der Waals surface area contributed by atoms with Crippen LogP contribution in [0.4, 0.5) is 5.69 Å². The SMILES string of the molecule is CN1CCC(N[C@H]2CN(c3ccc(C#N)c4nccnc34)CC(C)(C)C2)C1=O. The lowest BCUT2D eigenvalue weighted by molar-refractivity contribution is -0.128. The van der Waals surface area contributed by atoms with Crippen molar-refractivity contribution in [1.29, 1.82) is 5.26 Å². The molecule has 7 nitrogen and oxygen atoms in total. The summed E-state index contributed by atoms with van der Waals surface area (Å²) in [5.74, 6) is 0.185. The van der Waals surface area contributed by atoms with E-state index in [4.69, 9.17) is 0 Å². The molecule has 0 aliphatic carbocycles. The van der Waals surface area contributed by atoms with Crippen LogP contribution in [0.2, 0.25) is 0 Å².